The van der Waals surface area contributed by atoms with Crippen LogP contribution in [0.1, 0.15) is 23.1 Å². The van der Waals surface area contributed by atoms with Crippen molar-refractivity contribution in [3.8, 4) is 0 Å². The molecule has 0 radical (unpaired) electrons. The van der Waals surface area contributed by atoms with Gasteiger partial charge in [-0.15, -0.1) is 0 Å². The maximum Gasteiger partial charge on any atom is 0.246 e. The second-order valence-corrected chi connectivity index (χ2v) is 5.88. The van der Waals surface area contributed by atoms with E-state index >= 15 is 0 Å². The van der Waals surface area contributed by atoms with E-state index in [2.05, 4.69) is 31.3 Å². The molecule has 0 unspecified atom stereocenters. The van der Waals surface area contributed by atoms with Crippen molar-refractivity contribution in [1.82, 2.24) is 0 Å². The fourth-order valence-corrected chi connectivity index (χ4v) is 3.00. The van der Waals surface area contributed by atoms with Gasteiger partial charge < -0.3 is 10.2 Å². The molecular formula is C19H22N2O. The minimum absolute atomic E-state index is 0.132. The van der Waals surface area contributed by atoms with E-state index in [1.807, 2.05) is 35.2 Å². The van der Waals surface area contributed by atoms with E-state index < -0.39 is 0 Å². The van der Waals surface area contributed by atoms with Crippen molar-refractivity contribution in [2.24, 2.45) is 0 Å². The fourth-order valence-electron chi connectivity index (χ4n) is 3.00. The zero-order valence-corrected chi connectivity index (χ0v) is 13.2. The fraction of sp³-hybridized carbons (Fsp3) is 0.316. The number of nitrogens with one attached hydrogen (secondary N) is 1. The predicted octanol–water partition coefficient (Wildman–Crippen LogP) is 3.69. The number of hydrogen-bond acceptors (Lipinski definition) is 2. The van der Waals surface area contributed by atoms with Crippen LogP contribution in [0.15, 0.2) is 42.5 Å². The van der Waals surface area contributed by atoms with Crippen molar-refractivity contribution < 1.29 is 4.79 Å². The summed E-state index contributed by atoms with van der Waals surface area (Å²) >= 11 is 0. The molecule has 3 nitrogen and oxygen atoms in total. The van der Waals surface area contributed by atoms with Crippen LogP contribution in [-0.4, -0.2) is 19.0 Å². The van der Waals surface area contributed by atoms with Crippen LogP contribution in [0, 0.1) is 13.8 Å². The molecule has 0 atom stereocenters. The third kappa shape index (κ3) is 2.84. The van der Waals surface area contributed by atoms with Crippen molar-refractivity contribution in [1.29, 1.82) is 0 Å². The number of rotatable bonds is 3. The van der Waals surface area contributed by atoms with E-state index in [1.165, 1.54) is 16.7 Å². The van der Waals surface area contributed by atoms with Gasteiger partial charge in [0.05, 0.1) is 6.54 Å². The predicted molar refractivity (Wildman–Crippen MR) is 91.5 cm³/mol. The highest BCUT2D eigenvalue weighted by atomic mass is 16.2. The minimum atomic E-state index is 0.132. The molecule has 0 saturated heterocycles. The van der Waals surface area contributed by atoms with Gasteiger partial charge in [-0.25, -0.2) is 0 Å². The summed E-state index contributed by atoms with van der Waals surface area (Å²) in [5.74, 6) is 0.132. The van der Waals surface area contributed by atoms with Crippen molar-refractivity contribution in [3.05, 3.63) is 59.2 Å². The maximum atomic E-state index is 12.6. The summed E-state index contributed by atoms with van der Waals surface area (Å²) in [7, 11) is 0. The average molecular weight is 294 g/mol. The molecule has 1 aliphatic heterocycles. The van der Waals surface area contributed by atoms with Crippen molar-refractivity contribution in [2.45, 2.75) is 26.7 Å². The molecule has 114 valence electrons. The number of amides is 1. The lowest BCUT2D eigenvalue weighted by atomic mass is 10.0. The first kappa shape index (κ1) is 14.6. The molecular weight excluding hydrogens is 272 g/mol. The summed E-state index contributed by atoms with van der Waals surface area (Å²) in [5.41, 5.74) is 5.82. The number of aryl methyl sites for hydroxylation is 2. The molecule has 0 bridgehead atoms. The molecule has 1 heterocycles. The smallest absolute Gasteiger partial charge is 0.246 e. The van der Waals surface area contributed by atoms with E-state index in [-0.39, 0.29) is 5.91 Å². The number of carbonyl (C=O) groups is 1. The van der Waals surface area contributed by atoms with Crippen molar-refractivity contribution >= 4 is 17.3 Å². The molecule has 22 heavy (non-hydrogen) atoms. The van der Waals surface area contributed by atoms with E-state index in [1.54, 1.807) is 0 Å². The lowest BCUT2D eigenvalue weighted by Crippen LogP contribution is -2.39. The number of anilines is 2. The Morgan fingerprint density at radius 2 is 1.95 bits per heavy atom. The van der Waals surface area contributed by atoms with Crippen LogP contribution < -0.4 is 10.2 Å². The molecule has 1 N–H and O–H groups in total. The number of nitrogens with zero attached hydrogens (tertiary/aromatic N) is 1. The van der Waals surface area contributed by atoms with E-state index in [9.17, 15) is 4.79 Å². The van der Waals surface area contributed by atoms with Gasteiger partial charge in [0.2, 0.25) is 5.91 Å². The first-order chi connectivity index (χ1) is 10.7. The van der Waals surface area contributed by atoms with Gasteiger partial charge in [0.1, 0.15) is 0 Å². The highest BCUT2D eigenvalue weighted by Gasteiger charge is 2.21. The molecule has 1 amide bonds. The molecule has 0 spiro atoms. The Kier molecular flexibility index (Phi) is 4.14. The monoisotopic (exact) mass is 294 g/mol. The Balaban J connectivity index is 1.72. The molecule has 2 aromatic carbocycles. The van der Waals surface area contributed by atoms with Crippen LogP contribution in [-0.2, 0) is 11.2 Å². The summed E-state index contributed by atoms with van der Waals surface area (Å²) < 4.78 is 0. The number of fused-ring (bicyclic) bond motifs is 1. The van der Waals surface area contributed by atoms with Gasteiger partial charge in [-0.05, 0) is 55.5 Å². The molecule has 1 aliphatic rings. The number of benzene rings is 2. The van der Waals surface area contributed by atoms with Gasteiger partial charge in [-0.2, -0.15) is 0 Å². The molecule has 3 rings (SSSR count). The zero-order valence-electron chi connectivity index (χ0n) is 13.2. The summed E-state index contributed by atoms with van der Waals surface area (Å²) in [6, 6.07) is 14.3. The first-order valence-electron chi connectivity index (χ1n) is 7.85. The third-order valence-corrected chi connectivity index (χ3v) is 4.45. The Labute approximate surface area is 132 Å². The van der Waals surface area contributed by atoms with Gasteiger partial charge in [-0.1, -0.05) is 30.3 Å². The maximum absolute atomic E-state index is 12.6. The normalized spacial score (nSPS) is 13.6. The minimum Gasteiger partial charge on any atom is -0.376 e. The number of carbonyl (C=O) groups excluding carboxylic acids is 1. The lowest BCUT2D eigenvalue weighted by Gasteiger charge is -2.29. The van der Waals surface area contributed by atoms with Crippen LogP contribution in [0.25, 0.3) is 0 Å². The van der Waals surface area contributed by atoms with E-state index in [4.69, 9.17) is 0 Å². The summed E-state index contributed by atoms with van der Waals surface area (Å²) in [4.78, 5) is 14.5. The van der Waals surface area contributed by atoms with Gasteiger partial charge in [0, 0.05) is 17.9 Å². The summed E-state index contributed by atoms with van der Waals surface area (Å²) in [6.07, 6.45) is 2.09. The van der Waals surface area contributed by atoms with Crippen LogP contribution in [0.4, 0.5) is 11.4 Å². The van der Waals surface area contributed by atoms with Gasteiger partial charge in [0.25, 0.3) is 0 Å². The summed E-state index contributed by atoms with van der Waals surface area (Å²) in [6.45, 7) is 5.31. The Morgan fingerprint density at radius 3 is 2.82 bits per heavy atom. The summed E-state index contributed by atoms with van der Waals surface area (Å²) in [5, 5.41) is 3.29. The van der Waals surface area contributed by atoms with Crippen molar-refractivity contribution in [2.75, 3.05) is 23.3 Å². The molecule has 0 saturated carbocycles. The quantitative estimate of drug-likeness (QED) is 0.936. The highest BCUT2D eigenvalue weighted by Crippen LogP contribution is 2.27. The molecule has 3 heteroatoms. The van der Waals surface area contributed by atoms with E-state index in [0.717, 1.165) is 30.8 Å². The topological polar surface area (TPSA) is 32.3 Å². The standard InChI is InChI=1S/C19H22N2O/c1-14-7-5-10-17(15(14)2)20-13-19(22)21-12-6-9-16-8-3-4-11-18(16)21/h3-5,7-8,10-11,20H,6,9,12-13H2,1-2H3. The highest BCUT2D eigenvalue weighted by molar-refractivity contribution is 5.97. The second-order valence-electron chi connectivity index (χ2n) is 5.88. The largest absolute Gasteiger partial charge is 0.376 e. The van der Waals surface area contributed by atoms with Gasteiger partial charge in [-0.3, -0.25) is 4.79 Å². The van der Waals surface area contributed by atoms with E-state index in [0.29, 0.717) is 6.54 Å². The van der Waals surface area contributed by atoms with Crippen LogP contribution in [0.3, 0.4) is 0 Å². The Morgan fingerprint density at radius 1 is 1.14 bits per heavy atom. The third-order valence-electron chi connectivity index (χ3n) is 4.45. The van der Waals surface area contributed by atoms with Crippen LogP contribution in [0.5, 0.6) is 0 Å². The number of para-hydroxylation sites is 1. The molecule has 0 fully saturated rings. The number of hydrogen-bond donors (Lipinski definition) is 1. The zero-order chi connectivity index (χ0) is 15.5. The van der Waals surface area contributed by atoms with Gasteiger partial charge >= 0.3 is 0 Å². The Hall–Kier alpha value is -2.29. The van der Waals surface area contributed by atoms with Crippen LogP contribution in [0.2, 0.25) is 0 Å². The molecule has 0 aliphatic carbocycles. The molecule has 2 aromatic rings. The van der Waals surface area contributed by atoms with Crippen molar-refractivity contribution in [3.63, 3.8) is 0 Å². The average Bonchev–Trinajstić information content (AvgIpc) is 2.55. The lowest BCUT2D eigenvalue weighted by molar-refractivity contribution is -0.117. The van der Waals surface area contributed by atoms with Crippen LogP contribution >= 0.6 is 0 Å². The Bertz CT molecular complexity index is 694. The SMILES string of the molecule is Cc1cccc(NCC(=O)N2CCCc3ccccc32)c1C. The first-order valence-corrected chi connectivity index (χ1v) is 7.85. The molecule has 0 aromatic heterocycles. The van der Waals surface area contributed by atoms with Gasteiger partial charge in [0.15, 0.2) is 0 Å². The second kappa shape index (κ2) is 6.22.